The number of benzene rings is 2. The summed E-state index contributed by atoms with van der Waals surface area (Å²) in [5, 5.41) is -0.0215. The molecule has 0 fully saturated rings. The summed E-state index contributed by atoms with van der Waals surface area (Å²) in [6, 6.07) is 14.6. The van der Waals surface area contributed by atoms with E-state index in [9.17, 15) is 9.35 Å². The lowest BCUT2D eigenvalue weighted by atomic mass is 10.0. The maximum atomic E-state index is 12.3. The zero-order valence-electron chi connectivity index (χ0n) is 11.3. The third-order valence-corrected chi connectivity index (χ3v) is 5.04. The van der Waals surface area contributed by atoms with E-state index in [0.29, 0.717) is 11.1 Å². The predicted molar refractivity (Wildman–Crippen MR) is 86.5 cm³/mol. The number of rotatable bonds is 4. The summed E-state index contributed by atoms with van der Waals surface area (Å²) in [7, 11) is 0. The number of hydrogen-bond donors (Lipinski definition) is 0. The van der Waals surface area contributed by atoms with Gasteiger partial charge in [-0.3, -0.25) is 4.79 Å². The largest absolute Gasteiger partial charge is 0.616 e. The van der Waals surface area contributed by atoms with Crippen LogP contribution in [0, 0.1) is 0 Å². The van der Waals surface area contributed by atoms with E-state index in [1.807, 2.05) is 31.2 Å². The molecule has 0 amide bonds. The minimum absolute atomic E-state index is 0.00526. The van der Waals surface area contributed by atoms with Gasteiger partial charge in [0.1, 0.15) is 5.25 Å². The normalized spacial score (nSPS) is 13.8. The second kappa shape index (κ2) is 6.57. The zero-order chi connectivity index (χ0) is 14.7. The fourth-order valence-electron chi connectivity index (χ4n) is 1.87. The lowest BCUT2D eigenvalue weighted by Gasteiger charge is -2.14. The van der Waals surface area contributed by atoms with Gasteiger partial charge in [0.05, 0.1) is 6.26 Å². The van der Waals surface area contributed by atoms with Crippen molar-refractivity contribution >= 4 is 32.9 Å². The van der Waals surface area contributed by atoms with Gasteiger partial charge in [-0.1, -0.05) is 40.2 Å². The summed E-state index contributed by atoms with van der Waals surface area (Å²) < 4.78 is 12.4. The van der Waals surface area contributed by atoms with E-state index >= 15 is 0 Å². The van der Waals surface area contributed by atoms with Gasteiger partial charge in [-0.2, -0.15) is 0 Å². The van der Waals surface area contributed by atoms with Crippen LogP contribution in [0.25, 0.3) is 0 Å². The van der Waals surface area contributed by atoms with Crippen molar-refractivity contribution < 1.29 is 9.35 Å². The first kappa shape index (κ1) is 15.3. The van der Waals surface area contributed by atoms with E-state index in [0.717, 1.165) is 10.0 Å². The molecule has 0 N–H and O–H groups in total. The number of carbonyl (C=O) groups is 1. The van der Waals surface area contributed by atoms with Gasteiger partial charge in [0.15, 0.2) is 5.78 Å². The van der Waals surface area contributed by atoms with Crippen LogP contribution in [0.4, 0.5) is 0 Å². The molecule has 0 aliphatic heterocycles. The summed E-state index contributed by atoms with van der Waals surface area (Å²) >= 11 is 2.44. The van der Waals surface area contributed by atoms with Crippen LogP contribution < -0.4 is 0 Å². The SMILES string of the molecule is CC(c1ccc(C(=O)c2ccc(Br)cc2)cc1)[S+](C)[O-]. The van der Waals surface area contributed by atoms with Crippen LogP contribution in [0.1, 0.15) is 33.7 Å². The third-order valence-electron chi connectivity index (χ3n) is 3.25. The molecule has 0 aromatic heterocycles. The van der Waals surface area contributed by atoms with E-state index in [-0.39, 0.29) is 11.0 Å². The molecule has 2 atom stereocenters. The highest BCUT2D eigenvalue weighted by molar-refractivity contribution is 9.10. The predicted octanol–water partition coefficient (Wildman–Crippen LogP) is 4.12. The molecule has 20 heavy (non-hydrogen) atoms. The maximum absolute atomic E-state index is 12.3. The van der Waals surface area contributed by atoms with Gasteiger partial charge in [-0.05, 0) is 42.4 Å². The Morgan fingerprint density at radius 3 is 1.95 bits per heavy atom. The van der Waals surface area contributed by atoms with Crippen molar-refractivity contribution in [2.75, 3.05) is 6.26 Å². The number of ketones is 1. The molecule has 4 heteroatoms. The standard InChI is InChI=1S/C16H15BrO2S/c1-11(20(2)19)12-3-5-13(6-4-12)16(18)14-7-9-15(17)10-8-14/h3-11H,1-2H3. The molecule has 2 aromatic carbocycles. The minimum atomic E-state index is -0.907. The monoisotopic (exact) mass is 350 g/mol. The number of carbonyl (C=O) groups excluding carboxylic acids is 1. The molecule has 0 aliphatic carbocycles. The van der Waals surface area contributed by atoms with Gasteiger partial charge in [-0.25, -0.2) is 0 Å². The molecule has 104 valence electrons. The Bertz CT molecular complexity index is 591. The molecule has 0 heterocycles. The van der Waals surface area contributed by atoms with Gasteiger partial charge in [0.25, 0.3) is 0 Å². The molecule has 0 saturated heterocycles. The molecular formula is C16H15BrO2S. The second-order valence-corrected chi connectivity index (χ2v) is 7.22. The van der Waals surface area contributed by atoms with E-state index in [4.69, 9.17) is 0 Å². The summed E-state index contributed by atoms with van der Waals surface area (Å²) in [5.74, 6) is -0.00526. The zero-order valence-corrected chi connectivity index (χ0v) is 13.7. The van der Waals surface area contributed by atoms with Crippen LogP contribution in [0.2, 0.25) is 0 Å². The second-order valence-electron chi connectivity index (χ2n) is 4.60. The highest BCUT2D eigenvalue weighted by Crippen LogP contribution is 2.22. The Morgan fingerprint density at radius 1 is 1.05 bits per heavy atom. The molecule has 0 radical (unpaired) electrons. The van der Waals surface area contributed by atoms with Gasteiger partial charge in [0.2, 0.25) is 0 Å². The van der Waals surface area contributed by atoms with Crippen LogP contribution in [0.3, 0.4) is 0 Å². The molecule has 0 spiro atoms. The fourth-order valence-corrected chi connectivity index (χ4v) is 2.67. The minimum Gasteiger partial charge on any atom is -0.616 e. The van der Waals surface area contributed by atoms with Crippen molar-refractivity contribution in [2.45, 2.75) is 12.2 Å². The highest BCUT2D eigenvalue weighted by Gasteiger charge is 2.15. The third kappa shape index (κ3) is 3.51. The Kier molecular flexibility index (Phi) is 5.02. The number of halogens is 1. The van der Waals surface area contributed by atoms with Gasteiger partial charge in [0, 0.05) is 21.2 Å². The molecule has 2 aromatic rings. The average molecular weight is 351 g/mol. The molecule has 2 nitrogen and oxygen atoms in total. The van der Waals surface area contributed by atoms with Gasteiger partial charge < -0.3 is 4.55 Å². The van der Waals surface area contributed by atoms with Crippen molar-refractivity contribution in [2.24, 2.45) is 0 Å². The van der Waals surface area contributed by atoms with E-state index in [2.05, 4.69) is 15.9 Å². The Hall–Kier alpha value is -1.10. The lowest BCUT2D eigenvalue weighted by molar-refractivity contribution is 0.103. The molecule has 0 aliphatic rings. The molecule has 2 unspecified atom stereocenters. The Labute approximate surface area is 130 Å². The first-order valence-electron chi connectivity index (χ1n) is 6.21. The first-order chi connectivity index (χ1) is 9.49. The van der Waals surface area contributed by atoms with Crippen LogP contribution in [0.15, 0.2) is 53.0 Å². The molecule has 2 rings (SSSR count). The molecular weight excluding hydrogens is 336 g/mol. The highest BCUT2D eigenvalue weighted by atomic mass is 79.9. The van der Waals surface area contributed by atoms with Crippen LogP contribution in [-0.4, -0.2) is 16.6 Å². The van der Waals surface area contributed by atoms with Gasteiger partial charge >= 0.3 is 0 Å². The summed E-state index contributed by atoms with van der Waals surface area (Å²) in [4.78, 5) is 12.3. The quantitative estimate of drug-likeness (QED) is 0.614. The average Bonchev–Trinajstić information content (AvgIpc) is 2.46. The molecule has 0 bridgehead atoms. The van der Waals surface area contributed by atoms with Crippen molar-refractivity contribution in [1.29, 1.82) is 0 Å². The molecule has 0 saturated carbocycles. The van der Waals surface area contributed by atoms with Crippen molar-refractivity contribution in [3.63, 3.8) is 0 Å². The van der Waals surface area contributed by atoms with E-state index < -0.39 is 11.2 Å². The topological polar surface area (TPSA) is 40.1 Å². The van der Waals surface area contributed by atoms with Crippen LogP contribution in [0.5, 0.6) is 0 Å². The van der Waals surface area contributed by atoms with Crippen LogP contribution >= 0.6 is 15.9 Å². The number of hydrogen-bond acceptors (Lipinski definition) is 2. The first-order valence-corrected chi connectivity index (χ1v) is 8.63. The summed E-state index contributed by atoms with van der Waals surface area (Å²) in [6.45, 7) is 1.92. The maximum Gasteiger partial charge on any atom is 0.193 e. The summed E-state index contributed by atoms with van der Waals surface area (Å²) in [6.07, 6.45) is 1.69. The van der Waals surface area contributed by atoms with Gasteiger partial charge in [-0.15, -0.1) is 0 Å². The lowest BCUT2D eigenvalue weighted by Crippen LogP contribution is -2.08. The summed E-state index contributed by atoms with van der Waals surface area (Å²) in [5.41, 5.74) is 2.29. The fraction of sp³-hybridized carbons (Fsp3) is 0.188. The van der Waals surface area contributed by atoms with Crippen LogP contribution in [-0.2, 0) is 11.2 Å². The van der Waals surface area contributed by atoms with Crippen molar-refractivity contribution in [3.8, 4) is 0 Å². The smallest absolute Gasteiger partial charge is 0.193 e. The Balaban J connectivity index is 2.21. The van der Waals surface area contributed by atoms with Crippen molar-refractivity contribution in [3.05, 3.63) is 69.7 Å². The van der Waals surface area contributed by atoms with E-state index in [1.165, 1.54) is 0 Å². The van der Waals surface area contributed by atoms with E-state index in [1.54, 1.807) is 30.5 Å². The Morgan fingerprint density at radius 2 is 1.50 bits per heavy atom. The van der Waals surface area contributed by atoms with Crippen molar-refractivity contribution in [1.82, 2.24) is 0 Å².